The first-order valence-corrected chi connectivity index (χ1v) is 13.2. The molecule has 0 radical (unpaired) electrons. The molecule has 4 heteroatoms. The second kappa shape index (κ2) is 5.75. The maximum absolute atomic E-state index is 12.7. The normalized spacial score (nSPS) is 43.4. The minimum Gasteiger partial charge on any atom is -0.414 e. The van der Waals surface area contributed by atoms with Crippen molar-refractivity contribution in [2.24, 2.45) is 29.1 Å². The van der Waals surface area contributed by atoms with Crippen LogP contribution < -0.4 is 0 Å². The number of fused-ring (bicyclic) bond motifs is 5. The molecule has 0 aromatic rings. The third-order valence-electron chi connectivity index (χ3n) is 7.04. The molecule has 3 nitrogen and oxygen atoms in total. The maximum Gasteiger partial charge on any atom is 0.184 e. The van der Waals surface area contributed by atoms with Crippen molar-refractivity contribution in [3.05, 3.63) is 23.8 Å². The minimum atomic E-state index is -1.71. The Morgan fingerprint density at radius 2 is 1.92 bits per heavy atom. The van der Waals surface area contributed by atoms with E-state index in [1.165, 1.54) is 5.57 Å². The van der Waals surface area contributed by atoms with E-state index in [-0.39, 0.29) is 17.3 Å². The monoisotopic (exact) mass is 358 g/mol. The van der Waals surface area contributed by atoms with Gasteiger partial charge in [0.25, 0.3) is 0 Å². The van der Waals surface area contributed by atoms with Crippen molar-refractivity contribution in [3.8, 4) is 0 Å². The lowest BCUT2D eigenvalue weighted by molar-refractivity contribution is -0.135. The summed E-state index contributed by atoms with van der Waals surface area (Å²) >= 11 is 0. The number of carbonyl (C=O) groups excluding carboxylic acids is 2. The van der Waals surface area contributed by atoms with Crippen LogP contribution in [0.15, 0.2) is 23.8 Å². The average Bonchev–Trinajstić information content (AvgIpc) is 2.80. The molecule has 0 amide bonds. The second-order valence-corrected chi connectivity index (χ2v) is 14.2. The van der Waals surface area contributed by atoms with Gasteiger partial charge in [-0.15, -0.1) is 0 Å². The fourth-order valence-electron chi connectivity index (χ4n) is 6.05. The van der Waals surface area contributed by atoms with Gasteiger partial charge in [0, 0.05) is 24.4 Å². The van der Waals surface area contributed by atoms with E-state index in [0.29, 0.717) is 35.9 Å². The second-order valence-electron chi connectivity index (χ2n) is 9.73. The maximum atomic E-state index is 12.7. The predicted molar refractivity (Wildman–Crippen MR) is 101 cm³/mol. The molecule has 25 heavy (non-hydrogen) atoms. The third-order valence-corrected chi connectivity index (χ3v) is 8.05. The zero-order chi connectivity index (χ0) is 18.0. The zero-order valence-corrected chi connectivity index (χ0v) is 16.9. The van der Waals surface area contributed by atoms with E-state index >= 15 is 0 Å². The molecular formula is C21H30O3Si. The zero-order valence-electron chi connectivity index (χ0n) is 15.9. The van der Waals surface area contributed by atoms with Crippen molar-refractivity contribution < 1.29 is 14.0 Å². The largest absolute Gasteiger partial charge is 0.414 e. The van der Waals surface area contributed by atoms with Crippen LogP contribution in [0, 0.1) is 29.1 Å². The standard InChI is InChI=1S/C21H30O3Si/c1-21-12-18(24-25(2,3)4)20-15-8-6-14(22)11-13(15)5-7-16(20)17(21)9-10-19(21)23/h5,7,11,15-18,20H,6,8-10,12H2,1-4H3/t15?,16?,17?,18?,20?,21-/m0/s1. The summed E-state index contributed by atoms with van der Waals surface area (Å²) in [7, 11) is -1.71. The van der Waals surface area contributed by atoms with Crippen LogP contribution in [0.5, 0.6) is 0 Å². The van der Waals surface area contributed by atoms with E-state index < -0.39 is 8.32 Å². The Morgan fingerprint density at radius 1 is 1.16 bits per heavy atom. The molecule has 0 bridgehead atoms. The van der Waals surface area contributed by atoms with Crippen LogP contribution in [-0.2, 0) is 14.0 Å². The van der Waals surface area contributed by atoms with Crippen molar-refractivity contribution >= 4 is 19.9 Å². The fourth-order valence-corrected chi connectivity index (χ4v) is 7.20. The molecule has 4 rings (SSSR count). The Morgan fingerprint density at radius 3 is 2.64 bits per heavy atom. The van der Waals surface area contributed by atoms with Crippen LogP contribution in [0.3, 0.4) is 0 Å². The minimum absolute atomic E-state index is 0.145. The lowest BCUT2D eigenvalue weighted by Crippen LogP contribution is -2.54. The molecule has 0 aliphatic heterocycles. The first-order chi connectivity index (χ1) is 11.7. The van der Waals surface area contributed by atoms with Gasteiger partial charge in [-0.3, -0.25) is 9.59 Å². The van der Waals surface area contributed by atoms with Gasteiger partial charge in [-0.1, -0.05) is 19.1 Å². The first-order valence-electron chi connectivity index (χ1n) is 9.83. The summed E-state index contributed by atoms with van der Waals surface area (Å²) in [5, 5.41) is 0. The highest BCUT2D eigenvalue weighted by atomic mass is 28.4. The number of carbonyl (C=O) groups is 2. The smallest absolute Gasteiger partial charge is 0.184 e. The number of allylic oxidation sites excluding steroid dienone is 4. The van der Waals surface area contributed by atoms with Crippen LogP contribution in [-0.4, -0.2) is 26.0 Å². The van der Waals surface area contributed by atoms with E-state index in [1.54, 1.807) is 0 Å². The highest BCUT2D eigenvalue weighted by Gasteiger charge is 2.59. The van der Waals surface area contributed by atoms with Crippen LogP contribution in [0.2, 0.25) is 19.6 Å². The van der Waals surface area contributed by atoms with Crippen molar-refractivity contribution in [1.29, 1.82) is 0 Å². The van der Waals surface area contributed by atoms with E-state index in [0.717, 1.165) is 25.7 Å². The number of ketones is 2. The van der Waals surface area contributed by atoms with Crippen LogP contribution in [0.1, 0.15) is 39.0 Å². The molecule has 136 valence electrons. The quantitative estimate of drug-likeness (QED) is 0.691. The number of hydrogen-bond donors (Lipinski definition) is 0. The van der Waals surface area contributed by atoms with Gasteiger partial charge in [-0.2, -0.15) is 0 Å². The van der Waals surface area contributed by atoms with Gasteiger partial charge in [-0.05, 0) is 74.2 Å². The fraction of sp³-hybridized carbons (Fsp3) is 0.714. The number of hydrogen-bond acceptors (Lipinski definition) is 3. The third kappa shape index (κ3) is 2.82. The van der Waals surface area contributed by atoms with Crippen molar-refractivity contribution in [1.82, 2.24) is 0 Å². The van der Waals surface area contributed by atoms with E-state index in [1.807, 2.05) is 6.08 Å². The molecule has 2 fully saturated rings. The van der Waals surface area contributed by atoms with Crippen LogP contribution in [0.4, 0.5) is 0 Å². The van der Waals surface area contributed by atoms with Crippen LogP contribution >= 0.6 is 0 Å². The van der Waals surface area contributed by atoms with Crippen molar-refractivity contribution in [3.63, 3.8) is 0 Å². The van der Waals surface area contributed by atoms with Crippen molar-refractivity contribution in [2.75, 3.05) is 0 Å². The summed E-state index contributed by atoms with van der Waals surface area (Å²) in [5.74, 6) is 2.42. The van der Waals surface area contributed by atoms with Gasteiger partial charge >= 0.3 is 0 Å². The first kappa shape index (κ1) is 17.4. The lowest BCUT2D eigenvalue weighted by atomic mass is 9.53. The Bertz CT molecular complexity index is 671. The van der Waals surface area contributed by atoms with E-state index in [9.17, 15) is 9.59 Å². The number of Topliss-reactive ketones (excluding diaryl/α,β-unsaturated/α-hetero) is 1. The van der Waals surface area contributed by atoms with Gasteiger partial charge in [0.2, 0.25) is 0 Å². The summed E-state index contributed by atoms with van der Waals surface area (Å²) in [5.41, 5.74) is 0.983. The van der Waals surface area contributed by atoms with Gasteiger partial charge < -0.3 is 4.43 Å². The van der Waals surface area contributed by atoms with Crippen molar-refractivity contribution in [2.45, 2.75) is 64.8 Å². The molecular weight excluding hydrogens is 328 g/mol. The average molecular weight is 359 g/mol. The highest BCUT2D eigenvalue weighted by Crippen LogP contribution is 2.59. The summed E-state index contributed by atoms with van der Waals surface area (Å²) in [6.07, 6.45) is 10.7. The Hall–Kier alpha value is -1.00. The predicted octanol–water partition coefficient (Wildman–Crippen LogP) is 4.30. The molecule has 4 aliphatic rings. The number of rotatable bonds is 2. The van der Waals surface area contributed by atoms with Gasteiger partial charge in [0.15, 0.2) is 14.1 Å². The molecule has 2 saturated carbocycles. The van der Waals surface area contributed by atoms with Crippen LogP contribution in [0.25, 0.3) is 0 Å². The summed E-state index contributed by atoms with van der Waals surface area (Å²) < 4.78 is 6.69. The molecule has 0 heterocycles. The van der Waals surface area contributed by atoms with Gasteiger partial charge in [-0.25, -0.2) is 0 Å². The molecule has 4 aliphatic carbocycles. The SMILES string of the molecule is C[C@]12CC(O[Si](C)(C)C)C3C4CCC(=O)C=C4C=CC3C1CCC2=O. The highest BCUT2D eigenvalue weighted by molar-refractivity contribution is 6.69. The van der Waals surface area contributed by atoms with E-state index in [2.05, 4.69) is 38.7 Å². The Kier molecular flexibility index (Phi) is 4.00. The molecule has 5 unspecified atom stereocenters. The molecule has 0 saturated heterocycles. The Balaban J connectivity index is 1.76. The summed E-state index contributed by atoms with van der Waals surface area (Å²) in [4.78, 5) is 24.6. The molecule has 6 atom stereocenters. The molecule has 0 spiro atoms. The lowest BCUT2D eigenvalue weighted by Gasteiger charge is -2.54. The van der Waals surface area contributed by atoms with E-state index in [4.69, 9.17) is 4.43 Å². The van der Waals surface area contributed by atoms with Gasteiger partial charge in [0.05, 0.1) is 0 Å². The van der Waals surface area contributed by atoms with Gasteiger partial charge in [0.1, 0.15) is 5.78 Å². The topological polar surface area (TPSA) is 43.4 Å². The summed E-state index contributed by atoms with van der Waals surface area (Å²) in [6.45, 7) is 8.92. The Labute approximate surface area is 152 Å². The summed E-state index contributed by atoms with van der Waals surface area (Å²) in [6, 6.07) is 0. The molecule has 0 aromatic heterocycles. The molecule has 0 aromatic carbocycles. The molecule has 0 N–H and O–H groups in total.